The Bertz CT molecular complexity index is 367. The van der Waals surface area contributed by atoms with Crippen LogP contribution < -0.4 is 0 Å². The second kappa shape index (κ2) is 4.60. The number of nitrogens with zero attached hydrogens (tertiary/aromatic N) is 1. The second-order valence-corrected chi connectivity index (χ2v) is 4.00. The Labute approximate surface area is 92.9 Å². The van der Waals surface area contributed by atoms with Crippen molar-refractivity contribution in [1.29, 1.82) is 0 Å². The van der Waals surface area contributed by atoms with Crippen LogP contribution in [-0.4, -0.2) is 30.3 Å². The molecule has 2 nitrogen and oxygen atoms in total. The zero-order valence-electron chi connectivity index (χ0n) is 8.77. The van der Waals surface area contributed by atoms with E-state index in [1.165, 1.54) is 4.90 Å². The molecule has 1 heterocycles. The van der Waals surface area contributed by atoms with Crippen LogP contribution in [0.15, 0.2) is 30.3 Å². The molecule has 0 N–H and O–H groups in total. The van der Waals surface area contributed by atoms with E-state index in [9.17, 15) is 13.6 Å². The number of halogens is 2. The molecule has 1 aromatic carbocycles. The van der Waals surface area contributed by atoms with Crippen LogP contribution in [0, 0.1) is 5.92 Å². The van der Waals surface area contributed by atoms with Gasteiger partial charge in [-0.05, 0) is 18.6 Å². The highest BCUT2D eigenvalue weighted by molar-refractivity contribution is 5.94. The van der Waals surface area contributed by atoms with Crippen molar-refractivity contribution in [2.75, 3.05) is 13.1 Å². The van der Waals surface area contributed by atoms with E-state index < -0.39 is 12.3 Å². The molecule has 2 rings (SSSR count). The number of likely N-dealkylation sites (tertiary alicyclic amines) is 1. The van der Waals surface area contributed by atoms with Crippen molar-refractivity contribution in [3.05, 3.63) is 35.9 Å². The maximum atomic E-state index is 12.4. The first kappa shape index (κ1) is 11.0. The molecule has 0 aromatic heterocycles. The lowest BCUT2D eigenvalue weighted by atomic mass is 10.1. The van der Waals surface area contributed by atoms with E-state index in [2.05, 4.69) is 0 Å². The molecule has 0 saturated carbocycles. The van der Waals surface area contributed by atoms with Gasteiger partial charge < -0.3 is 4.90 Å². The summed E-state index contributed by atoms with van der Waals surface area (Å²) in [7, 11) is 0. The summed E-state index contributed by atoms with van der Waals surface area (Å²) < 4.78 is 24.9. The zero-order valence-corrected chi connectivity index (χ0v) is 8.77. The predicted octanol–water partition coefficient (Wildman–Crippen LogP) is 2.41. The van der Waals surface area contributed by atoms with E-state index in [4.69, 9.17) is 0 Å². The third kappa shape index (κ3) is 2.21. The minimum Gasteiger partial charge on any atom is -0.338 e. The van der Waals surface area contributed by atoms with E-state index in [-0.39, 0.29) is 12.5 Å². The van der Waals surface area contributed by atoms with Crippen LogP contribution in [0.2, 0.25) is 0 Å². The maximum Gasteiger partial charge on any atom is 0.253 e. The van der Waals surface area contributed by atoms with Gasteiger partial charge in [-0.15, -0.1) is 0 Å². The van der Waals surface area contributed by atoms with Crippen molar-refractivity contribution < 1.29 is 13.6 Å². The van der Waals surface area contributed by atoms with Crippen LogP contribution in [0.1, 0.15) is 16.8 Å². The maximum absolute atomic E-state index is 12.4. The molecule has 16 heavy (non-hydrogen) atoms. The SMILES string of the molecule is O=C(c1ccccc1)N1CCC(C(F)F)C1. The van der Waals surface area contributed by atoms with E-state index >= 15 is 0 Å². The molecule has 1 aromatic rings. The number of carbonyl (C=O) groups is 1. The van der Waals surface area contributed by atoms with Crippen LogP contribution in [-0.2, 0) is 0 Å². The Morgan fingerprint density at radius 2 is 2.00 bits per heavy atom. The molecule has 1 unspecified atom stereocenters. The fourth-order valence-electron chi connectivity index (χ4n) is 1.94. The Morgan fingerprint density at radius 3 is 2.56 bits per heavy atom. The number of hydrogen-bond donors (Lipinski definition) is 0. The molecule has 1 atom stereocenters. The largest absolute Gasteiger partial charge is 0.338 e. The van der Waals surface area contributed by atoms with Gasteiger partial charge >= 0.3 is 0 Å². The molecule has 1 aliphatic heterocycles. The van der Waals surface area contributed by atoms with Crippen LogP contribution in [0.25, 0.3) is 0 Å². The topological polar surface area (TPSA) is 20.3 Å². The number of rotatable bonds is 2. The number of hydrogen-bond acceptors (Lipinski definition) is 1. The summed E-state index contributed by atoms with van der Waals surface area (Å²) >= 11 is 0. The van der Waals surface area contributed by atoms with Gasteiger partial charge in [0.05, 0.1) is 0 Å². The number of benzene rings is 1. The summed E-state index contributed by atoms with van der Waals surface area (Å²) in [4.78, 5) is 13.4. The quantitative estimate of drug-likeness (QED) is 0.757. The molecule has 1 amide bonds. The van der Waals surface area contributed by atoms with Gasteiger partial charge in [0.15, 0.2) is 0 Å². The Morgan fingerprint density at radius 1 is 1.31 bits per heavy atom. The predicted molar refractivity (Wildman–Crippen MR) is 56.5 cm³/mol. The fourth-order valence-corrected chi connectivity index (χ4v) is 1.94. The average Bonchev–Trinajstić information content (AvgIpc) is 2.78. The number of alkyl halides is 2. The second-order valence-electron chi connectivity index (χ2n) is 4.00. The normalized spacial score (nSPS) is 20.4. The van der Waals surface area contributed by atoms with Crippen molar-refractivity contribution in [3.8, 4) is 0 Å². The van der Waals surface area contributed by atoms with E-state index in [0.717, 1.165) is 0 Å². The highest BCUT2D eigenvalue weighted by Gasteiger charge is 2.32. The molecular weight excluding hydrogens is 212 g/mol. The summed E-state index contributed by atoms with van der Waals surface area (Å²) in [5, 5.41) is 0. The van der Waals surface area contributed by atoms with Gasteiger partial charge in [-0.1, -0.05) is 18.2 Å². The van der Waals surface area contributed by atoms with Gasteiger partial charge in [-0.3, -0.25) is 4.79 Å². The average molecular weight is 225 g/mol. The minimum absolute atomic E-state index is 0.149. The molecular formula is C12H13F2NO. The summed E-state index contributed by atoms with van der Waals surface area (Å²) in [5.41, 5.74) is 0.567. The third-order valence-corrected chi connectivity index (χ3v) is 2.89. The summed E-state index contributed by atoms with van der Waals surface area (Å²) in [6.07, 6.45) is -1.93. The van der Waals surface area contributed by atoms with Crippen LogP contribution in [0.3, 0.4) is 0 Å². The number of carbonyl (C=O) groups excluding carboxylic acids is 1. The molecule has 0 aliphatic carbocycles. The lowest BCUT2D eigenvalue weighted by molar-refractivity contribution is 0.0684. The first-order valence-electron chi connectivity index (χ1n) is 5.31. The van der Waals surface area contributed by atoms with Gasteiger partial charge in [0, 0.05) is 24.6 Å². The van der Waals surface area contributed by atoms with Crippen LogP contribution in [0.4, 0.5) is 8.78 Å². The van der Waals surface area contributed by atoms with Crippen LogP contribution in [0.5, 0.6) is 0 Å². The summed E-state index contributed by atoms with van der Waals surface area (Å²) in [6, 6.07) is 8.78. The zero-order chi connectivity index (χ0) is 11.5. The van der Waals surface area contributed by atoms with E-state index in [1.54, 1.807) is 24.3 Å². The lowest BCUT2D eigenvalue weighted by Gasteiger charge is -2.16. The monoisotopic (exact) mass is 225 g/mol. The molecule has 4 heteroatoms. The molecule has 1 fully saturated rings. The molecule has 0 radical (unpaired) electrons. The molecule has 0 spiro atoms. The van der Waals surface area contributed by atoms with Crippen LogP contribution >= 0.6 is 0 Å². The highest BCUT2D eigenvalue weighted by Crippen LogP contribution is 2.23. The first-order valence-corrected chi connectivity index (χ1v) is 5.31. The van der Waals surface area contributed by atoms with Gasteiger partial charge in [-0.2, -0.15) is 0 Å². The first-order chi connectivity index (χ1) is 7.68. The summed E-state index contributed by atoms with van der Waals surface area (Å²) in [6.45, 7) is 0.605. The Hall–Kier alpha value is -1.45. The van der Waals surface area contributed by atoms with Gasteiger partial charge in [-0.25, -0.2) is 8.78 Å². The van der Waals surface area contributed by atoms with Gasteiger partial charge in [0.25, 0.3) is 5.91 Å². The standard InChI is InChI=1S/C12H13F2NO/c13-11(14)10-6-7-15(8-10)12(16)9-4-2-1-3-5-9/h1-5,10-11H,6-8H2. The van der Waals surface area contributed by atoms with Crippen molar-refractivity contribution in [2.45, 2.75) is 12.8 Å². The van der Waals surface area contributed by atoms with Crippen molar-refractivity contribution >= 4 is 5.91 Å². The molecule has 1 saturated heterocycles. The molecule has 86 valence electrons. The molecule has 1 aliphatic rings. The van der Waals surface area contributed by atoms with Gasteiger partial charge in [0.2, 0.25) is 6.43 Å². The van der Waals surface area contributed by atoms with E-state index in [1.807, 2.05) is 6.07 Å². The number of amides is 1. The fraction of sp³-hybridized carbons (Fsp3) is 0.417. The Balaban J connectivity index is 2.03. The van der Waals surface area contributed by atoms with E-state index in [0.29, 0.717) is 18.5 Å². The lowest BCUT2D eigenvalue weighted by Crippen LogP contribution is -2.29. The third-order valence-electron chi connectivity index (χ3n) is 2.89. The van der Waals surface area contributed by atoms with Crippen molar-refractivity contribution in [3.63, 3.8) is 0 Å². The van der Waals surface area contributed by atoms with Crippen molar-refractivity contribution in [2.24, 2.45) is 5.92 Å². The summed E-state index contributed by atoms with van der Waals surface area (Å²) in [5.74, 6) is -0.809. The van der Waals surface area contributed by atoms with Crippen molar-refractivity contribution in [1.82, 2.24) is 4.90 Å². The minimum atomic E-state index is -2.33. The molecule has 0 bridgehead atoms. The smallest absolute Gasteiger partial charge is 0.253 e. The van der Waals surface area contributed by atoms with Gasteiger partial charge in [0.1, 0.15) is 0 Å². The highest BCUT2D eigenvalue weighted by atomic mass is 19.3. The Kier molecular flexibility index (Phi) is 3.17.